The van der Waals surface area contributed by atoms with E-state index in [-0.39, 0.29) is 16.4 Å². The highest BCUT2D eigenvalue weighted by Crippen LogP contribution is 2.31. The Morgan fingerprint density at radius 2 is 1.75 bits per heavy atom. The molecule has 1 fully saturated rings. The summed E-state index contributed by atoms with van der Waals surface area (Å²) in [5.41, 5.74) is -0.491. The number of rotatable bonds is 4. The number of nitrogens with zero attached hydrogens (tertiary/aromatic N) is 2. The Bertz CT molecular complexity index is 1020. The first-order valence-corrected chi connectivity index (χ1v) is 10.9. The molecule has 1 aliphatic heterocycles. The average molecular weight is 469 g/mol. The number of carbonyl (C=O) groups is 1. The maximum Gasteiger partial charge on any atom is 0.289 e. The van der Waals surface area contributed by atoms with Crippen molar-refractivity contribution in [2.45, 2.75) is 9.79 Å². The van der Waals surface area contributed by atoms with Crippen molar-refractivity contribution in [1.82, 2.24) is 4.90 Å². The number of hydrogen-bond donors (Lipinski definition) is 1. The molecule has 10 heteroatoms. The molecule has 148 valence electrons. The van der Waals surface area contributed by atoms with Crippen molar-refractivity contribution in [2.75, 3.05) is 33.2 Å². The van der Waals surface area contributed by atoms with E-state index < -0.39 is 25.3 Å². The molecule has 2 aromatic rings. The first-order valence-electron chi connectivity index (χ1n) is 8.60. The first kappa shape index (κ1) is 20.4. The molecule has 1 aliphatic rings. The van der Waals surface area contributed by atoms with Gasteiger partial charge in [0.25, 0.3) is 11.6 Å². The second-order valence-electron chi connectivity index (χ2n) is 6.65. The molecule has 0 spiro atoms. The van der Waals surface area contributed by atoms with Crippen LogP contribution in [0.1, 0.15) is 10.4 Å². The van der Waals surface area contributed by atoms with Crippen molar-refractivity contribution in [3.05, 3.63) is 62.6 Å². The smallest absolute Gasteiger partial charge is 0.289 e. The Labute approximate surface area is 170 Å². The lowest BCUT2D eigenvalue weighted by molar-refractivity contribution is -0.883. The van der Waals surface area contributed by atoms with Gasteiger partial charge >= 0.3 is 0 Å². The summed E-state index contributed by atoms with van der Waals surface area (Å²) in [6.45, 7) is 2.70. The van der Waals surface area contributed by atoms with Crippen molar-refractivity contribution in [3.8, 4) is 0 Å². The van der Waals surface area contributed by atoms with Gasteiger partial charge < -0.3 is 9.80 Å². The van der Waals surface area contributed by atoms with Crippen LogP contribution in [-0.2, 0) is 9.84 Å². The molecule has 3 rings (SSSR count). The molecule has 0 saturated carbocycles. The molecule has 1 heterocycles. The number of amides is 1. The fraction of sp³-hybridized carbons (Fsp3) is 0.278. The summed E-state index contributed by atoms with van der Waals surface area (Å²) < 4.78 is 26.4. The van der Waals surface area contributed by atoms with Gasteiger partial charge in [-0.05, 0) is 36.4 Å². The van der Waals surface area contributed by atoms with Crippen molar-refractivity contribution >= 4 is 37.4 Å². The number of carbonyl (C=O) groups excluding carboxylic acids is 1. The summed E-state index contributed by atoms with van der Waals surface area (Å²) in [7, 11) is -2.06. The summed E-state index contributed by atoms with van der Waals surface area (Å²) in [5.74, 6) is -0.330. The number of halogens is 1. The highest BCUT2D eigenvalue weighted by molar-refractivity contribution is 9.10. The van der Waals surface area contributed by atoms with Gasteiger partial charge in [0.1, 0.15) is 4.90 Å². The van der Waals surface area contributed by atoms with Gasteiger partial charge in [-0.3, -0.25) is 14.9 Å². The van der Waals surface area contributed by atoms with Crippen molar-refractivity contribution in [3.63, 3.8) is 0 Å². The molecule has 0 atom stereocenters. The Balaban J connectivity index is 1.99. The summed E-state index contributed by atoms with van der Waals surface area (Å²) >= 11 is 3.23. The lowest BCUT2D eigenvalue weighted by Crippen LogP contribution is -3.12. The van der Waals surface area contributed by atoms with Crippen LogP contribution in [0.3, 0.4) is 0 Å². The molecule has 0 radical (unpaired) electrons. The topological polar surface area (TPSA) is 102 Å². The molecule has 28 heavy (non-hydrogen) atoms. The van der Waals surface area contributed by atoms with Gasteiger partial charge in [-0.25, -0.2) is 8.42 Å². The first-order chi connectivity index (χ1) is 13.2. The van der Waals surface area contributed by atoms with Gasteiger partial charge in [-0.15, -0.1) is 0 Å². The summed E-state index contributed by atoms with van der Waals surface area (Å²) in [4.78, 5) is 25.9. The minimum atomic E-state index is -4.10. The summed E-state index contributed by atoms with van der Waals surface area (Å²) in [5, 5.41) is 11.6. The van der Waals surface area contributed by atoms with Crippen LogP contribution in [0.15, 0.2) is 56.7 Å². The molecular formula is C18H19BrN3O5S+. The van der Waals surface area contributed by atoms with Crippen LogP contribution < -0.4 is 4.90 Å². The Kier molecular flexibility index (Phi) is 5.82. The quantitative estimate of drug-likeness (QED) is 0.535. The van der Waals surface area contributed by atoms with Gasteiger partial charge in [0.05, 0.1) is 43.0 Å². The number of piperazine rings is 1. The second kappa shape index (κ2) is 7.98. The highest BCUT2D eigenvalue weighted by atomic mass is 79.9. The molecule has 8 nitrogen and oxygen atoms in total. The number of nitrogens with one attached hydrogen (secondary N) is 1. The number of benzene rings is 2. The zero-order valence-corrected chi connectivity index (χ0v) is 17.5. The zero-order valence-electron chi connectivity index (χ0n) is 15.1. The van der Waals surface area contributed by atoms with Gasteiger partial charge in [-0.1, -0.05) is 15.9 Å². The number of likely N-dealkylation sites (N-methyl/N-ethyl adjacent to an activating group) is 1. The van der Waals surface area contributed by atoms with E-state index in [0.29, 0.717) is 17.6 Å². The maximum atomic E-state index is 12.9. The molecule has 1 saturated heterocycles. The average Bonchev–Trinajstić information content (AvgIpc) is 2.68. The van der Waals surface area contributed by atoms with Crippen molar-refractivity contribution in [2.24, 2.45) is 0 Å². The summed E-state index contributed by atoms with van der Waals surface area (Å²) in [6.07, 6.45) is 0. The predicted molar refractivity (Wildman–Crippen MR) is 105 cm³/mol. The number of quaternary nitrogens is 1. The zero-order chi connectivity index (χ0) is 20.5. The van der Waals surface area contributed by atoms with Crippen molar-refractivity contribution in [1.29, 1.82) is 0 Å². The van der Waals surface area contributed by atoms with Crippen LogP contribution in [0.25, 0.3) is 0 Å². The van der Waals surface area contributed by atoms with Crippen LogP contribution in [0.2, 0.25) is 0 Å². The van der Waals surface area contributed by atoms with Crippen LogP contribution in [-0.4, -0.2) is 57.4 Å². The normalized spacial score (nSPS) is 15.4. The Morgan fingerprint density at radius 3 is 2.32 bits per heavy atom. The highest BCUT2D eigenvalue weighted by Gasteiger charge is 2.30. The van der Waals surface area contributed by atoms with E-state index in [0.717, 1.165) is 25.2 Å². The van der Waals surface area contributed by atoms with Crippen LogP contribution in [0.5, 0.6) is 0 Å². The molecule has 1 N–H and O–H groups in total. The Hall–Kier alpha value is -2.30. The summed E-state index contributed by atoms with van der Waals surface area (Å²) in [6, 6.07) is 9.37. The molecule has 0 unspecified atom stereocenters. The number of nitro benzene ring substituents is 1. The van der Waals surface area contributed by atoms with Gasteiger partial charge in [0, 0.05) is 16.1 Å². The van der Waals surface area contributed by atoms with E-state index in [9.17, 15) is 23.3 Å². The minimum Gasteiger partial charge on any atom is -0.334 e. The molecule has 0 aromatic heterocycles. The maximum absolute atomic E-state index is 12.9. The standard InChI is InChI=1S/C18H18BrN3O5S/c1-20-8-10-21(11-9-20)18(23)13-2-7-17(16(12-13)22(24)25)28(26,27)15-5-3-14(19)4-6-15/h2-7,12H,8-11H2,1H3/p+1. The van der Waals surface area contributed by atoms with E-state index in [4.69, 9.17) is 0 Å². The molecule has 2 aromatic carbocycles. The molecule has 0 aliphatic carbocycles. The molecule has 1 amide bonds. The third-order valence-corrected chi connectivity index (χ3v) is 7.07. The molecule has 0 bridgehead atoms. The lowest BCUT2D eigenvalue weighted by Gasteiger charge is -2.30. The van der Waals surface area contributed by atoms with E-state index in [1.54, 1.807) is 17.0 Å². The SMILES string of the molecule is C[NH+]1CCN(C(=O)c2ccc(S(=O)(=O)c3ccc(Br)cc3)c([N+](=O)[O-])c2)CC1. The Morgan fingerprint density at radius 1 is 1.14 bits per heavy atom. The van der Waals surface area contributed by atoms with Gasteiger partial charge in [-0.2, -0.15) is 0 Å². The van der Waals surface area contributed by atoms with Crippen LogP contribution in [0.4, 0.5) is 5.69 Å². The third kappa shape index (κ3) is 4.08. The largest absolute Gasteiger partial charge is 0.334 e. The van der Waals surface area contributed by atoms with E-state index in [1.807, 2.05) is 7.05 Å². The van der Waals surface area contributed by atoms with Crippen LogP contribution >= 0.6 is 15.9 Å². The third-order valence-electron chi connectivity index (χ3n) is 4.72. The minimum absolute atomic E-state index is 0.0556. The second-order valence-corrected chi connectivity index (χ2v) is 9.48. The monoisotopic (exact) mass is 468 g/mol. The fourth-order valence-electron chi connectivity index (χ4n) is 3.04. The predicted octanol–water partition coefficient (Wildman–Crippen LogP) is 1.16. The number of hydrogen-bond acceptors (Lipinski definition) is 5. The lowest BCUT2D eigenvalue weighted by atomic mass is 10.1. The van der Waals surface area contributed by atoms with Crippen LogP contribution in [0, 0.1) is 10.1 Å². The molecular weight excluding hydrogens is 450 g/mol. The van der Waals surface area contributed by atoms with E-state index in [1.165, 1.54) is 23.1 Å². The van der Waals surface area contributed by atoms with E-state index in [2.05, 4.69) is 15.9 Å². The van der Waals surface area contributed by atoms with E-state index >= 15 is 0 Å². The van der Waals surface area contributed by atoms with Crippen molar-refractivity contribution < 1.29 is 23.0 Å². The van der Waals surface area contributed by atoms with Gasteiger partial charge in [0.15, 0.2) is 0 Å². The number of nitro groups is 1. The fourth-order valence-corrected chi connectivity index (χ4v) is 4.70. The number of sulfone groups is 1. The van der Waals surface area contributed by atoms with Gasteiger partial charge in [0.2, 0.25) is 9.84 Å².